The van der Waals surface area contributed by atoms with Gasteiger partial charge in [0.05, 0.1) is 0 Å². The van der Waals surface area contributed by atoms with Gasteiger partial charge in [-0.25, -0.2) is 0 Å². The first-order chi connectivity index (χ1) is 8.63. The largest absolute Gasteiger partial charge is 0.345 e. The van der Waals surface area contributed by atoms with Crippen molar-refractivity contribution in [1.29, 1.82) is 0 Å². The molecule has 3 N–H and O–H groups in total. The number of carbonyl (C=O) groups excluding carboxylic acids is 1. The van der Waals surface area contributed by atoms with Crippen molar-refractivity contribution < 1.29 is 4.79 Å². The van der Waals surface area contributed by atoms with Crippen LogP contribution in [0.4, 0.5) is 4.79 Å². The van der Waals surface area contributed by atoms with Gasteiger partial charge in [0.2, 0.25) is 0 Å². The van der Waals surface area contributed by atoms with Crippen molar-refractivity contribution in [3.63, 3.8) is 0 Å². The third kappa shape index (κ3) is 4.17. The van der Waals surface area contributed by atoms with E-state index in [0.717, 1.165) is 13.1 Å². The first-order valence-electron chi connectivity index (χ1n) is 6.66. The Labute approximate surface area is 136 Å². The molecule has 0 aromatic heterocycles. The molecule has 0 aromatic carbocycles. The average molecular weight is 477 g/mol. The summed E-state index contributed by atoms with van der Waals surface area (Å²) in [5.41, 5.74) is 0.559. The highest BCUT2D eigenvalue weighted by Gasteiger charge is 2.46. The van der Waals surface area contributed by atoms with Crippen LogP contribution in [0.2, 0.25) is 0 Å². The molecule has 1 amide bonds. The second kappa shape index (κ2) is 7.03. The van der Waals surface area contributed by atoms with Gasteiger partial charge in [0.15, 0.2) is 0 Å². The molecule has 0 atom stereocenters. The van der Waals surface area contributed by atoms with Crippen molar-refractivity contribution in [3.05, 3.63) is 0 Å². The molecular weight excluding hydrogens is 456 g/mol. The fraction of sp³-hybridized carbons (Fsp3) is 0.917. The molecule has 0 bridgehead atoms. The van der Waals surface area contributed by atoms with Crippen molar-refractivity contribution >= 4 is 49.4 Å². The summed E-state index contributed by atoms with van der Waals surface area (Å²) in [4.78, 5) is 11.0. The zero-order chi connectivity index (χ0) is 13.0. The summed E-state index contributed by atoms with van der Waals surface area (Å²) in [6.45, 7) is 2.10. The van der Waals surface area contributed by atoms with E-state index >= 15 is 0 Å². The summed E-state index contributed by atoms with van der Waals surface area (Å²) in [7, 11) is 0. The Kier molecular flexibility index (Phi) is 5.95. The number of rotatable bonds is 5. The van der Waals surface area contributed by atoms with Crippen LogP contribution in [0, 0.1) is 5.41 Å². The number of amides is 1. The molecule has 0 aliphatic heterocycles. The van der Waals surface area contributed by atoms with Crippen molar-refractivity contribution in [2.75, 3.05) is 13.1 Å². The third-order valence-corrected chi connectivity index (χ3v) is 5.23. The first-order valence-corrected chi connectivity index (χ1v) is 8.82. The van der Waals surface area contributed by atoms with Crippen LogP contribution in [0.1, 0.15) is 38.5 Å². The normalized spacial score (nSPS) is 35.2. The third-order valence-electron chi connectivity index (χ3n) is 4.38. The molecule has 2 rings (SSSR count). The molecule has 2 aliphatic rings. The molecule has 0 radical (unpaired) electrons. The molecule has 2 saturated carbocycles. The van der Waals surface area contributed by atoms with Gasteiger partial charge in [-0.3, -0.25) is 8.32 Å². The number of nitrogens with one attached hydrogen (secondary N) is 3. The topological polar surface area (TPSA) is 53.2 Å². The zero-order valence-electron chi connectivity index (χ0n) is 10.5. The van der Waals surface area contributed by atoms with E-state index in [2.05, 4.69) is 37.0 Å². The summed E-state index contributed by atoms with van der Waals surface area (Å²) in [6, 6.07) is 1.15. The second-order valence-corrected chi connectivity index (χ2v) is 7.38. The lowest BCUT2D eigenvalue weighted by atomic mass is 9.58. The molecule has 4 nitrogen and oxygen atoms in total. The number of halogens is 2. The average Bonchev–Trinajstić information content (AvgIpc) is 2.29. The van der Waals surface area contributed by atoms with Gasteiger partial charge in [0.25, 0.3) is 3.91 Å². The van der Waals surface area contributed by atoms with Crippen LogP contribution in [-0.4, -0.2) is 29.1 Å². The lowest BCUT2D eigenvalue weighted by Gasteiger charge is -2.51. The van der Waals surface area contributed by atoms with Gasteiger partial charge < -0.3 is 10.6 Å². The molecule has 2 fully saturated rings. The van der Waals surface area contributed by atoms with E-state index in [1.807, 2.05) is 22.6 Å². The van der Waals surface area contributed by atoms with Crippen LogP contribution in [0.25, 0.3) is 0 Å². The van der Waals surface area contributed by atoms with Gasteiger partial charge >= 0.3 is 0 Å². The summed E-state index contributed by atoms with van der Waals surface area (Å²) >= 11 is 4.02. The van der Waals surface area contributed by atoms with Crippen LogP contribution in [0.5, 0.6) is 0 Å². The minimum Gasteiger partial charge on any atom is -0.345 e. The maximum Gasteiger partial charge on any atom is 0.280 e. The van der Waals surface area contributed by atoms with E-state index in [1.165, 1.54) is 38.5 Å². The van der Waals surface area contributed by atoms with Crippen LogP contribution in [0.15, 0.2) is 0 Å². The maximum absolute atomic E-state index is 11.0. The van der Waals surface area contributed by atoms with E-state index in [4.69, 9.17) is 0 Å². The zero-order valence-corrected chi connectivity index (χ0v) is 14.8. The minimum atomic E-state index is 0.0918. The predicted molar refractivity (Wildman–Crippen MR) is 90.3 cm³/mol. The Bertz CT molecular complexity index is 285. The van der Waals surface area contributed by atoms with E-state index in [9.17, 15) is 4.79 Å². The van der Waals surface area contributed by atoms with Crippen molar-refractivity contribution in [2.24, 2.45) is 5.41 Å². The van der Waals surface area contributed by atoms with Gasteiger partial charge in [-0.2, -0.15) is 0 Å². The molecule has 0 heterocycles. The second-order valence-electron chi connectivity index (χ2n) is 5.64. The lowest BCUT2D eigenvalue weighted by Crippen LogP contribution is -2.52. The Morgan fingerprint density at radius 3 is 2.39 bits per heavy atom. The van der Waals surface area contributed by atoms with E-state index < -0.39 is 0 Å². The molecule has 6 heteroatoms. The van der Waals surface area contributed by atoms with Crippen molar-refractivity contribution in [1.82, 2.24) is 14.2 Å². The van der Waals surface area contributed by atoms with Crippen LogP contribution in [0.3, 0.4) is 0 Å². The van der Waals surface area contributed by atoms with E-state index in [0.29, 0.717) is 17.5 Å². The number of hydrogen-bond acceptors (Lipinski definition) is 3. The quantitative estimate of drug-likeness (QED) is 0.188. The van der Waals surface area contributed by atoms with Gasteiger partial charge in [-0.15, -0.1) is 0 Å². The minimum absolute atomic E-state index is 0.0918. The Hall–Kier alpha value is 0.850. The standard InChI is InChI=1S/C12H21I2N3O/c13-11(18)17-10-7-12(8-10)3-1-9(2-4-12)15-5-6-16-14/h9-10,15-16H,1-8H2,(H,17,18). The molecular formula is C12H21I2N3O. The highest BCUT2D eigenvalue weighted by atomic mass is 127. The molecule has 0 saturated heterocycles. The van der Waals surface area contributed by atoms with Crippen molar-refractivity contribution in [2.45, 2.75) is 50.6 Å². The molecule has 2 aliphatic carbocycles. The number of hydrogen-bond donors (Lipinski definition) is 3. The van der Waals surface area contributed by atoms with Gasteiger partial charge in [-0.05, 0) is 43.9 Å². The first kappa shape index (κ1) is 15.2. The predicted octanol–water partition coefficient (Wildman–Crippen LogP) is 2.75. The fourth-order valence-electron chi connectivity index (χ4n) is 3.41. The number of carbonyl (C=O) groups is 1. The smallest absolute Gasteiger partial charge is 0.280 e. The van der Waals surface area contributed by atoms with E-state index in [1.54, 1.807) is 0 Å². The molecule has 104 valence electrons. The van der Waals surface area contributed by atoms with Crippen LogP contribution >= 0.6 is 45.5 Å². The molecule has 0 aromatic rings. The summed E-state index contributed by atoms with van der Waals surface area (Å²) < 4.78 is 3.23. The molecule has 18 heavy (non-hydrogen) atoms. The van der Waals surface area contributed by atoms with Gasteiger partial charge in [-0.1, -0.05) is 0 Å². The highest BCUT2D eigenvalue weighted by molar-refractivity contribution is 14.1. The Morgan fingerprint density at radius 1 is 1.17 bits per heavy atom. The SMILES string of the molecule is O=C(I)NC1CC2(CCC(NCCNI)CC2)C1. The molecule has 0 unspecified atom stereocenters. The van der Waals surface area contributed by atoms with Crippen molar-refractivity contribution in [3.8, 4) is 0 Å². The maximum atomic E-state index is 11.0. The van der Waals surface area contributed by atoms with Crippen LogP contribution in [-0.2, 0) is 0 Å². The lowest BCUT2D eigenvalue weighted by molar-refractivity contribution is 0.0349. The van der Waals surface area contributed by atoms with Crippen LogP contribution < -0.4 is 14.2 Å². The van der Waals surface area contributed by atoms with Gasteiger partial charge in [0, 0.05) is 70.6 Å². The van der Waals surface area contributed by atoms with E-state index in [-0.39, 0.29) is 3.91 Å². The fourth-order valence-corrected chi connectivity index (χ4v) is 4.12. The summed E-state index contributed by atoms with van der Waals surface area (Å²) in [6.07, 6.45) is 7.65. The van der Waals surface area contributed by atoms with Gasteiger partial charge in [0.1, 0.15) is 0 Å². The summed E-state index contributed by atoms with van der Waals surface area (Å²) in [5.74, 6) is 0. The highest BCUT2D eigenvalue weighted by Crippen LogP contribution is 2.51. The Balaban J connectivity index is 1.64. The monoisotopic (exact) mass is 477 g/mol. The molecule has 1 spiro atoms. The summed E-state index contributed by atoms with van der Waals surface area (Å²) in [5, 5.41) is 6.64. The Morgan fingerprint density at radius 2 is 1.83 bits per heavy atom.